The summed E-state index contributed by atoms with van der Waals surface area (Å²) in [6.45, 7) is 0. The van der Waals surface area contributed by atoms with Crippen molar-refractivity contribution in [2.45, 2.75) is 0 Å². The molecule has 0 atom stereocenters. The van der Waals surface area contributed by atoms with Crippen LogP contribution in [0.4, 0.5) is 5.69 Å². The fourth-order valence-corrected chi connectivity index (χ4v) is 1.73. The molecule has 17 heavy (non-hydrogen) atoms. The summed E-state index contributed by atoms with van der Waals surface area (Å²) in [4.78, 5) is 4.40. The zero-order chi connectivity index (χ0) is 12.1. The molecule has 0 saturated carbocycles. The van der Waals surface area contributed by atoms with Crippen LogP contribution in [0.3, 0.4) is 0 Å². The highest BCUT2D eigenvalue weighted by Crippen LogP contribution is 2.17. The van der Waals surface area contributed by atoms with Crippen molar-refractivity contribution >= 4 is 34.5 Å². The summed E-state index contributed by atoms with van der Waals surface area (Å²) < 4.78 is 6.32. The van der Waals surface area contributed by atoms with E-state index in [-0.39, 0.29) is 0 Å². The van der Waals surface area contributed by atoms with Gasteiger partial charge >= 0.3 is 0 Å². The molecule has 0 aliphatic heterocycles. The predicted molar refractivity (Wildman–Crippen MR) is 79.4 cm³/mol. The maximum absolute atomic E-state index is 5.09. The van der Waals surface area contributed by atoms with Crippen molar-refractivity contribution in [3.05, 3.63) is 57.7 Å². The standard InChI is InChI=1S/C14H12INO/c1-17-14-8-6-13(7-9-14)16-10-11-2-4-12(15)5-3-11/h2-10H,1H3. The molecule has 3 heteroatoms. The third kappa shape index (κ3) is 3.56. The molecule has 0 aliphatic rings. The molecule has 86 valence electrons. The van der Waals surface area contributed by atoms with Gasteiger partial charge in [0.25, 0.3) is 0 Å². The average Bonchev–Trinajstić information content (AvgIpc) is 2.39. The molecule has 0 unspecified atom stereocenters. The van der Waals surface area contributed by atoms with Crippen LogP contribution in [0.1, 0.15) is 5.56 Å². The molecule has 0 radical (unpaired) electrons. The summed E-state index contributed by atoms with van der Waals surface area (Å²) in [5, 5.41) is 0. The van der Waals surface area contributed by atoms with Crippen molar-refractivity contribution in [3.63, 3.8) is 0 Å². The smallest absolute Gasteiger partial charge is 0.119 e. The van der Waals surface area contributed by atoms with Crippen LogP contribution in [0.2, 0.25) is 0 Å². The number of benzene rings is 2. The number of rotatable bonds is 3. The van der Waals surface area contributed by atoms with E-state index in [0.29, 0.717) is 0 Å². The van der Waals surface area contributed by atoms with Crippen LogP contribution >= 0.6 is 22.6 Å². The number of aliphatic imine (C=N–C) groups is 1. The van der Waals surface area contributed by atoms with Crippen molar-refractivity contribution in [2.75, 3.05) is 7.11 Å². The van der Waals surface area contributed by atoms with E-state index in [1.165, 1.54) is 3.57 Å². The Labute approximate surface area is 114 Å². The van der Waals surface area contributed by atoms with E-state index in [1.54, 1.807) is 7.11 Å². The summed E-state index contributed by atoms with van der Waals surface area (Å²) in [6, 6.07) is 15.9. The van der Waals surface area contributed by atoms with Crippen molar-refractivity contribution in [3.8, 4) is 5.75 Å². The first kappa shape index (κ1) is 12.1. The number of halogens is 1. The van der Waals surface area contributed by atoms with E-state index < -0.39 is 0 Å². The van der Waals surface area contributed by atoms with Crippen LogP contribution < -0.4 is 4.74 Å². The molecule has 0 aliphatic carbocycles. The number of nitrogens with zero attached hydrogens (tertiary/aromatic N) is 1. The minimum Gasteiger partial charge on any atom is -0.497 e. The Bertz CT molecular complexity index is 503. The minimum absolute atomic E-state index is 0.846. The number of hydrogen-bond acceptors (Lipinski definition) is 2. The van der Waals surface area contributed by atoms with Gasteiger partial charge in [-0.2, -0.15) is 0 Å². The summed E-state index contributed by atoms with van der Waals surface area (Å²) in [5.74, 6) is 0.846. The molecular weight excluding hydrogens is 325 g/mol. The van der Waals surface area contributed by atoms with Gasteiger partial charge in [0.05, 0.1) is 12.8 Å². The van der Waals surface area contributed by atoms with Gasteiger partial charge in [-0.3, -0.25) is 4.99 Å². The number of methoxy groups -OCH3 is 1. The second-order valence-corrected chi connectivity index (χ2v) is 4.75. The minimum atomic E-state index is 0.846. The Morgan fingerprint density at radius 2 is 1.65 bits per heavy atom. The van der Waals surface area contributed by atoms with Crippen LogP contribution in [0.25, 0.3) is 0 Å². The molecule has 0 saturated heterocycles. The molecular formula is C14H12INO. The number of hydrogen-bond donors (Lipinski definition) is 0. The SMILES string of the molecule is COc1ccc(N=Cc2ccc(I)cc2)cc1. The Kier molecular flexibility index (Phi) is 4.14. The van der Waals surface area contributed by atoms with Crippen molar-refractivity contribution in [1.29, 1.82) is 0 Å². The fourth-order valence-electron chi connectivity index (χ4n) is 1.37. The van der Waals surface area contributed by atoms with Gasteiger partial charge in [-0.05, 0) is 64.6 Å². The molecule has 0 spiro atoms. The van der Waals surface area contributed by atoms with E-state index in [0.717, 1.165) is 17.0 Å². The van der Waals surface area contributed by atoms with Crippen LogP contribution in [0.15, 0.2) is 53.5 Å². The largest absolute Gasteiger partial charge is 0.497 e. The fraction of sp³-hybridized carbons (Fsp3) is 0.0714. The topological polar surface area (TPSA) is 21.6 Å². The van der Waals surface area contributed by atoms with Gasteiger partial charge in [0.1, 0.15) is 5.75 Å². The van der Waals surface area contributed by atoms with E-state index >= 15 is 0 Å². The zero-order valence-electron chi connectivity index (χ0n) is 9.43. The molecule has 2 nitrogen and oxygen atoms in total. The summed E-state index contributed by atoms with van der Waals surface area (Å²) >= 11 is 2.29. The molecule has 0 amide bonds. The first-order valence-corrected chi connectivity index (χ1v) is 6.29. The molecule has 0 bridgehead atoms. The van der Waals surface area contributed by atoms with Crippen LogP contribution in [0, 0.1) is 3.57 Å². The van der Waals surface area contributed by atoms with Crippen LogP contribution in [-0.4, -0.2) is 13.3 Å². The molecule has 2 aromatic rings. The molecule has 0 aromatic heterocycles. The Balaban J connectivity index is 2.11. The summed E-state index contributed by atoms with van der Waals surface area (Å²) in [7, 11) is 1.66. The van der Waals surface area contributed by atoms with Gasteiger partial charge in [0, 0.05) is 9.78 Å². The third-order valence-electron chi connectivity index (χ3n) is 2.31. The molecule has 0 fully saturated rings. The Morgan fingerprint density at radius 3 is 2.24 bits per heavy atom. The van der Waals surface area contributed by atoms with Crippen LogP contribution in [0.5, 0.6) is 5.75 Å². The predicted octanol–water partition coefficient (Wildman–Crippen LogP) is 4.05. The summed E-state index contributed by atoms with van der Waals surface area (Å²) in [6.07, 6.45) is 1.86. The first-order chi connectivity index (χ1) is 8.28. The monoisotopic (exact) mass is 337 g/mol. The highest BCUT2D eigenvalue weighted by Gasteiger charge is 1.92. The Morgan fingerprint density at radius 1 is 1.00 bits per heavy atom. The molecule has 0 N–H and O–H groups in total. The lowest BCUT2D eigenvalue weighted by Gasteiger charge is -1.99. The molecule has 2 rings (SSSR count). The second kappa shape index (κ2) is 5.82. The quantitative estimate of drug-likeness (QED) is 0.612. The zero-order valence-corrected chi connectivity index (χ0v) is 11.6. The van der Waals surface area contributed by atoms with Gasteiger partial charge in [-0.15, -0.1) is 0 Å². The maximum atomic E-state index is 5.09. The maximum Gasteiger partial charge on any atom is 0.119 e. The third-order valence-corrected chi connectivity index (χ3v) is 3.02. The van der Waals surface area contributed by atoms with Gasteiger partial charge in [-0.25, -0.2) is 0 Å². The average molecular weight is 337 g/mol. The lowest BCUT2D eigenvalue weighted by atomic mass is 10.2. The molecule has 0 heterocycles. The van der Waals surface area contributed by atoms with E-state index in [4.69, 9.17) is 4.74 Å². The first-order valence-electron chi connectivity index (χ1n) is 5.21. The highest BCUT2D eigenvalue weighted by atomic mass is 127. The summed E-state index contributed by atoms with van der Waals surface area (Å²) in [5.41, 5.74) is 2.02. The Hall–Kier alpha value is -1.36. The van der Waals surface area contributed by atoms with Gasteiger partial charge in [0.2, 0.25) is 0 Å². The van der Waals surface area contributed by atoms with Gasteiger partial charge < -0.3 is 4.74 Å². The lowest BCUT2D eigenvalue weighted by Crippen LogP contribution is -1.81. The van der Waals surface area contributed by atoms with Gasteiger partial charge in [-0.1, -0.05) is 12.1 Å². The number of ether oxygens (including phenoxy) is 1. The van der Waals surface area contributed by atoms with Crippen molar-refractivity contribution in [1.82, 2.24) is 0 Å². The van der Waals surface area contributed by atoms with Crippen molar-refractivity contribution in [2.24, 2.45) is 4.99 Å². The van der Waals surface area contributed by atoms with Gasteiger partial charge in [0.15, 0.2) is 0 Å². The molecule has 2 aromatic carbocycles. The van der Waals surface area contributed by atoms with E-state index in [1.807, 2.05) is 30.5 Å². The van der Waals surface area contributed by atoms with Crippen LogP contribution in [-0.2, 0) is 0 Å². The lowest BCUT2D eigenvalue weighted by molar-refractivity contribution is 0.415. The van der Waals surface area contributed by atoms with E-state index in [9.17, 15) is 0 Å². The second-order valence-electron chi connectivity index (χ2n) is 3.51. The van der Waals surface area contributed by atoms with Crippen molar-refractivity contribution < 1.29 is 4.74 Å². The normalized spacial score (nSPS) is 10.7. The highest BCUT2D eigenvalue weighted by molar-refractivity contribution is 14.1. The van der Waals surface area contributed by atoms with E-state index in [2.05, 4.69) is 51.8 Å².